The van der Waals surface area contributed by atoms with Gasteiger partial charge in [0.15, 0.2) is 11.6 Å². The first kappa shape index (κ1) is 13.4. The predicted molar refractivity (Wildman–Crippen MR) is 75.2 cm³/mol. The van der Waals surface area contributed by atoms with Crippen LogP contribution in [0.4, 0.5) is 4.39 Å². The molecule has 0 fully saturated rings. The first-order valence-corrected chi connectivity index (χ1v) is 6.96. The van der Waals surface area contributed by atoms with E-state index in [1.165, 1.54) is 12.1 Å². The number of benzene rings is 2. The van der Waals surface area contributed by atoms with E-state index in [0.29, 0.717) is 17.7 Å². The van der Waals surface area contributed by atoms with Crippen molar-refractivity contribution in [2.24, 2.45) is 0 Å². The van der Waals surface area contributed by atoms with Gasteiger partial charge in [0.1, 0.15) is 11.9 Å². The van der Waals surface area contributed by atoms with Crippen LogP contribution in [0.2, 0.25) is 0 Å². The van der Waals surface area contributed by atoms with Crippen LogP contribution in [-0.4, -0.2) is 10.2 Å². The number of phenolic OH excluding ortho intramolecular Hbond substituents is 1. The Morgan fingerprint density at radius 2 is 2.00 bits per heavy atom. The van der Waals surface area contributed by atoms with Crippen molar-refractivity contribution in [1.29, 1.82) is 0 Å². The third-order valence-electron chi connectivity index (χ3n) is 3.38. The standard InChI is InChI=1S/C15H12BrFO3/c16-9-2-4-14-10(6-9)13(19)7-15(20-14)8-1-3-12(18)11(17)5-8/h1-6,13,15,18-19H,7H2/t13-,15?/m1/s1. The molecule has 0 bridgehead atoms. The molecule has 1 heterocycles. The molecule has 0 saturated carbocycles. The van der Waals surface area contributed by atoms with Crippen molar-refractivity contribution in [2.45, 2.75) is 18.6 Å². The molecule has 104 valence electrons. The van der Waals surface area contributed by atoms with Crippen molar-refractivity contribution in [3.63, 3.8) is 0 Å². The Hall–Kier alpha value is -1.59. The molecule has 1 unspecified atom stereocenters. The SMILES string of the molecule is Oc1ccc(C2C[C@@H](O)c3cc(Br)ccc3O2)cc1F. The molecule has 5 heteroatoms. The molecule has 2 aromatic rings. The number of aliphatic hydroxyl groups excluding tert-OH is 1. The molecule has 1 aliphatic rings. The summed E-state index contributed by atoms with van der Waals surface area (Å²) in [6.07, 6.45) is -0.764. The molecule has 0 amide bonds. The second-order valence-corrected chi connectivity index (χ2v) is 5.67. The maximum Gasteiger partial charge on any atom is 0.165 e. The van der Waals surface area contributed by atoms with Crippen LogP contribution >= 0.6 is 15.9 Å². The summed E-state index contributed by atoms with van der Waals surface area (Å²) in [5.74, 6) is -0.498. The van der Waals surface area contributed by atoms with Crippen LogP contribution < -0.4 is 4.74 Å². The van der Waals surface area contributed by atoms with Gasteiger partial charge in [0.25, 0.3) is 0 Å². The van der Waals surface area contributed by atoms with Crippen molar-refractivity contribution < 1.29 is 19.3 Å². The van der Waals surface area contributed by atoms with E-state index in [-0.39, 0.29) is 0 Å². The molecule has 2 atom stereocenters. The highest BCUT2D eigenvalue weighted by Gasteiger charge is 2.28. The largest absolute Gasteiger partial charge is 0.505 e. The molecule has 20 heavy (non-hydrogen) atoms. The Bertz CT molecular complexity index is 660. The number of rotatable bonds is 1. The van der Waals surface area contributed by atoms with Crippen molar-refractivity contribution in [1.82, 2.24) is 0 Å². The first-order valence-electron chi connectivity index (χ1n) is 6.17. The van der Waals surface area contributed by atoms with Gasteiger partial charge in [-0.2, -0.15) is 0 Å². The number of fused-ring (bicyclic) bond motifs is 1. The van der Waals surface area contributed by atoms with Crippen LogP contribution in [0.15, 0.2) is 40.9 Å². The highest BCUT2D eigenvalue weighted by Crippen LogP contribution is 2.42. The van der Waals surface area contributed by atoms with Crippen molar-refractivity contribution in [3.8, 4) is 11.5 Å². The Morgan fingerprint density at radius 3 is 2.75 bits per heavy atom. The lowest BCUT2D eigenvalue weighted by atomic mass is 9.95. The molecule has 0 aliphatic carbocycles. The highest BCUT2D eigenvalue weighted by molar-refractivity contribution is 9.10. The summed E-state index contributed by atoms with van der Waals surface area (Å²) in [6, 6.07) is 9.53. The number of halogens is 2. The van der Waals surface area contributed by atoms with Crippen molar-refractivity contribution in [3.05, 3.63) is 57.8 Å². The average Bonchev–Trinajstić information content (AvgIpc) is 2.42. The van der Waals surface area contributed by atoms with Crippen LogP contribution in [0.1, 0.15) is 29.8 Å². The molecule has 3 nitrogen and oxygen atoms in total. The van der Waals surface area contributed by atoms with Crippen molar-refractivity contribution in [2.75, 3.05) is 0 Å². The minimum atomic E-state index is -0.692. The van der Waals surface area contributed by atoms with Gasteiger partial charge in [-0.3, -0.25) is 0 Å². The third-order valence-corrected chi connectivity index (χ3v) is 3.87. The lowest BCUT2D eigenvalue weighted by Crippen LogP contribution is -2.19. The van der Waals surface area contributed by atoms with Gasteiger partial charge in [-0.25, -0.2) is 4.39 Å². The van der Waals surface area contributed by atoms with E-state index in [9.17, 15) is 14.6 Å². The maximum absolute atomic E-state index is 13.4. The number of aromatic hydroxyl groups is 1. The summed E-state index contributed by atoms with van der Waals surface area (Å²) in [6.45, 7) is 0. The van der Waals surface area contributed by atoms with E-state index >= 15 is 0 Å². The van der Waals surface area contributed by atoms with Crippen LogP contribution in [0.5, 0.6) is 11.5 Å². The van der Waals surface area contributed by atoms with E-state index in [0.717, 1.165) is 10.0 Å². The Kier molecular flexibility index (Phi) is 3.40. The van der Waals surface area contributed by atoms with Crippen LogP contribution in [-0.2, 0) is 0 Å². The molecule has 0 aromatic heterocycles. The molecular formula is C15H12BrFO3. The lowest BCUT2D eigenvalue weighted by Gasteiger charge is -2.30. The minimum Gasteiger partial charge on any atom is -0.505 e. The maximum atomic E-state index is 13.4. The molecule has 1 aliphatic heterocycles. The van der Waals surface area contributed by atoms with Crippen LogP contribution in [0.25, 0.3) is 0 Å². The summed E-state index contributed by atoms with van der Waals surface area (Å²) in [4.78, 5) is 0. The van der Waals surface area contributed by atoms with Gasteiger partial charge in [-0.05, 0) is 35.9 Å². The minimum absolute atomic E-state index is 0.341. The van der Waals surface area contributed by atoms with Gasteiger partial charge in [0.2, 0.25) is 0 Å². The highest BCUT2D eigenvalue weighted by atomic mass is 79.9. The molecule has 0 saturated heterocycles. The third kappa shape index (κ3) is 2.39. The molecule has 2 N–H and O–H groups in total. The smallest absolute Gasteiger partial charge is 0.165 e. The summed E-state index contributed by atoms with van der Waals surface area (Å²) in [5.41, 5.74) is 1.31. The molecule has 2 aromatic carbocycles. The Morgan fingerprint density at radius 1 is 1.20 bits per heavy atom. The number of phenols is 1. The first-order chi connectivity index (χ1) is 9.54. The number of aliphatic hydroxyl groups is 1. The molecule has 0 spiro atoms. The fraction of sp³-hybridized carbons (Fsp3) is 0.200. The topological polar surface area (TPSA) is 49.7 Å². The van der Waals surface area contributed by atoms with Gasteiger partial charge in [-0.15, -0.1) is 0 Å². The summed E-state index contributed by atoms with van der Waals surface area (Å²) in [5, 5.41) is 19.4. The van der Waals surface area contributed by atoms with Gasteiger partial charge < -0.3 is 14.9 Å². The molecular weight excluding hydrogens is 327 g/mol. The fourth-order valence-electron chi connectivity index (χ4n) is 2.35. The second-order valence-electron chi connectivity index (χ2n) is 4.75. The van der Waals surface area contributed by atoms with Gasteiger partial charge in [0, 0.05) is 16.5 Å². The average molecular weight is 339 g/mol. The fourth-order valence-corrected chi connectivity index (χ4v) is 2.72. The number of hydrogen-bond acceptors (Lipinski definition) is 3. The van der Waals surface area contributed by atoms with E-state index in [1.807, 2.05) is 12.1 Å². The van der Waals surface area contributed by atoms with E-state index in [4.69, 9.17) is 4.74 Å². The zero-order valence-electron chi connectivity index (χ0n) is 10.4. The van der Waals surface area contributed by atoms with Gasteiger partial charge >= 0.3 is 0 Å². The number of ether oxygens (including phenoxy) is 1. The van der Waals surface area contributed by atoms with Crippen LogP contribution in [0, 0.1) is 5.82 Å². The Labute approximate surface area is 123 Å². The summed E-state index contributed by atoms with van der Waals surface area (Å²) < 4.78 is 20.1. The van der Waals surface area contributed by atoms with Gasteiger partial charge in [-0.1, -0.05) is 22.0 Å². The van der Waals surface area contributed by atoms with Gasteiger partial charge in [0.05, 0.1) is 6.10 Å². The monoisotopic (exact) mass is 338 g/mol. The number of hydrogen-bond donors (Lipinski definition) is 2. The quantitative estimate of drug-likeness (QED) is 0.830. The molecule has 3 rings (SSSR count). The zero-order valence-corrected chi connectivity index (χ0v) is 12.0. The second kappa shape index (κ2) is 5.07. The van der Waals surface area contributed by atoms with E-state index < -0.39 is 23.8 Å². The summed E-state index contributed by atoms with van der Waals surface area (Å²) in [7, 11) is 0. The molecule has 0 radical (unpaired) electrons. The Balaban J connectivity index is 1.94. The van der Waals surface area contributed by atoms with E-state index in [1.54, 1.807) is 12.1 Å². The normalized spacial score (nSPS) is 21.1. The summed E-state index contributed by atoms with van der Waals surface area (Å²) >= 11 is 3.35. The zero-order chi connectivity index (χ0) is 14.3. The van der Waals surface area contributed by atoms with E-state index in [2.05, 4.69) is 15.9 Å². The predicted octanol–water partition coefficient (Wildman–Crippen LogP) is 3.85. The van der Waals surface area contributed by atoms with Crippen molar-refractivity contribution >= 4 is 15.9 Å². The van der Waals surface area contributed by atoms with Crippen LogP contribution in [0.3, 0.4) is 0 Å². The lowest BCUT2D eigenvalue weighted by molar-refractivity contribution is 0.0655.